The Labute approximate surface area is 124 Å². The minimum absolute atomic E-state index is 0.0163. The Balaban J connectivity index is 2.53. The molecule has 6 heteroatoms. The SMILES string of the molecule is O=C(c1ccc(O)cc1Cl)c1cc(Cl)c(O)cc1Cl. The van der Waals surface area contributed by atoms with Crippen molar-refractivity contribution in [2.75, 3.05) is 0 Å². The molecule has 0 unspecified atom stereocenters. The summed E-state index contributed by atoms with van der Waals surface area (Å²) in [5, 5.41) is 18.8. The zero-order valence-corrected chi connectivity index (χ0v) is 11.6. The fraction of sp³-hybridized carbons (Fsp3) is 0. The molecule has 0 saturated heterocycles. The van der Waals surface area contributed by atoms with E-state index >= 15 is 0 Å². The van der Waals surface area contributed by atoms with Crippen LogP contribution in [0.5, 0.6) is 11.5 Å². The third-order valence-electron chi connectivity index (χ3n) is 2.48. The van der Waals surface area contributed by atoms with Gasteiger partial charge in [0.25, 0.3) is 0 Å². The number of phenolic OH excluding ortho intramolecular Hbond substituents is 2. The van der Waals surface area contributed by atoms with Crippen LogP contribution in [0.25, 0.3) is 0 Å². The van der Waals surface area contributed by atoms with Crippen LogP contribution in [-0.2, 0) is 0 Å². The van der Waals surface area contributed by atoms with Crippen LogP contribution in [0, 0.1) is 0 Å². The van der Waals surface area contributed by atoms with Crippen LogP contribution in [-0.4, -0.2) is 16.0 Å². The summed E-state index contributed by atoms with van der Waals surface area (Å²) in [4.78, 5) is 12.3. The maximum Gasteiger partial charge on any atom is 0.196 e. The smallest absolute Gasteiger partial charge is 0.196 e. The summed E-state index contributed by atoms with van der Waals surface area (Å²) in [6.45, 7) is 0. The predicted molar refractivity (Wildman–Crippen MR) is 74.7 cm³/mol. The fourth-order valence-electron chi connectivity index (χ4n) is 1.54. The molecule has 0 amide bonds. The quantitative estimate of drug-likeness (QED) is 0.812. The van der Waals surface area contributed by atoms with E-state index in [1.54, 1.807) is 0 Å². The number of aromatic hydroxyl groups is 2. The van der Waals surface area contributed by atoms with E-state index in [4.69, 9.17) is 34.8 Å². The van der Waals surface area contributed by atoms with Gasteiger partial charge in [0.1, 0.15) is 11.5 Å². The molecule has 0 spiro atoms. The number of rotatable bonds is 2. The summed E-state index contributed by atoms with van der Waals surface area (Å²) in [6.07, 6.45) is 0. The number of carbonyl (C=O) groups is 1. The van der Waals surface area contributed by atoms with Gasteiger partial charge in [-0.2, -0.15) is 0 Å². The maximum absolute atomic E-state index is 12.3. The van der Waals surface area contributed by atoms with E-state index in [-0.39, 0.29) is 37.7 Å². The Bertz CT molecular complexity index is 668. The number of ketones is 1. The summed E-state index contributed by atoms with van der Waals surface area (Å²) in [5.74, 6) is -0.701. The van der Waals surface area contributed by atoms with Gasteiger partial charge in [0, 0.05) is 17.2 Å². The molecule has 2 N–H and O–H groups in total. The molecule has 0 aliphatic carbocycles. The molecule has 2 aromatic rings. The Hall–Kier alpha value is -1.42. The minimum Gasteiger partial charge on any atom is -0.508 e. The number of hydrogen-bond acceptors (Lipinski definition) is 3. The molecular formula is C13H7Cl3O3. The second kappa shape index (κ2) is 5.29. The molecule has 0 bridgehead atoms. The lowest BCUT2D eigenvalue weighted by molar-refractivity contribution is 0.103. The second-order valence-electron chi connectivity index (χ2n) is 3.78. The number of phenols is 2. The third-order valence-corrected chi connectivity index (χ3v) is 3.41. The molecule has 3 nitrogen and oxygen atoms in total. The first-order valence-electron chi connectivity index (χ1n) is 5.11. The van der Waals surface area contributed by atoms with Crippen LogP contribution in [0.2, 0.25) is 15.1 Å². The number of benzene rings is 2. The molecular weight excluding hydrogens is 310 g/mol. The first-order chi connectivity index (χ1) is 8.90. The molecule has 0 saturated carbocycles. The normalized spacial score (nSPS) is 10.5. The lowest BCUT2D eigenvalue weighted by Crippen LogP contribution is -2.03. The van der Waals surface area contributed by atoms with E-state index < -0.39 is 5.78 Å². The molecule has 0 aliphatic heterocycles. The second-order valence-corrected chi connectivity index (χ2v) is 5.00. The van der Waals surface area contributed by atoms with Gasteiger partial charge in [-0.15, -0.1) is 0 Å². The summed E-state index contributed by atoms with van der Waals surface area (Å²) in [6, 6.07) is 6.44. The standard InChI is InChI=1S/C13H7Cl3O3/c14-9-3-6(17)1-2-7(9)13(19)8-4-11(16)12(18)5-10(8)15/h1-5,17-18H. The van der Waals surface area contributed by atoms with Crippen LogP contribution in [0.4, 0.5) is 0 Å². The topological polar surface area (TPSA) is 57.5 Å². The van der Waals surface area contributed by atoms with Crippen molar-refractivity contribution >= 4 is 40.6 Å². The van der Waals surface area contributed by atoms with Gasteiger partial charge in [-0.25, -0.2) is 0 Å². The van der Waals surface area contributed by atoms with E-state index in [0.717, 1.165) is 0 Å². The van der Waals surface area contributed by atoms with Crippen LogP contribution in [0.1, 0.15) is 15.9 Å². The largest absolute Gasteiger partial charge is 0.508 e. The van der Waals surface area contributed by atoms with Crippen molar-refractivity contribution in [3.05, 3.63) is 56.5 Å². The minimum atomic E-state index is -0.447. The average Bonchev–Trinajstić information content (AvgIpc) is 2.33. The number of carbonyl (C=O) groups excluding carboxylic acids is 1. The van der Waals surface area contributed by atoms with Gasteiger partial charge < -0.3 is 10.2 Å². The molecule has 0 aliphatic rings. The Kier molecular flexibility index (Phi) is 3.90. The van der Waals surface area contributed by atoms with Gasteiger partial charge in [-0.1, -0.05) is 34.8 Å². The summed E-state index contributed by atoms with van der Waals surface area (Å²) >= 11 is 17.5. The van der Waals surface area contributed by atoms with Gasteiger partial charge in [-0.3, -0.25) is 4.79 Å². The molecule has 0 fully saturated rings. The van der Waals surface area contributed by atoms with Crippen molar-refractivity contribution in [3.8, 4) is 11.5 Å². The molecule has 0 aromatic heterocycles. The predicted octanol–water partition coefficient (Wildman–Crippen LogP) is 4.29. The summed E-state index contributed by atoms with van der Waals surface area (Å²) in [7, 11) is 0. The average molecular weight is 318 g/mol. The van der Waals surface area contributed by atoms with Crippen LogP contribution in [0.3, 0.4) is 0 Å². The Morgan fingerprint density at radius 1 is 0.842 bits per heavy atom. The molecule has 0 radical (unpaired) electrons. The monoisotopic (exact) mass is 316 g/mol. The van der Waals surface area contributed by atoms with Crippen molar-refractivity contribution in [2.45, 2.75) is 0 Å². The molecule has 98 valence electrons. The molecule has 19 heavy (non-hydrogen) atoms. The molecule has 2 aromatic carbocycles. The van der Waals surface area contributed by atoms with Crippen molar-refractivity contribution in [1.29, 1.82) is 0 Å². The highest BCUT2D eigenvalue weighted by Crippen LogP contribution is 2.33. The number of hydrogen-bond donors (Lipinski definition) is 2. The van der Waals surface area contributed by atoms with Gasteiger partial charge in [0.05, 0.1) is 15.1 Å². The number of halogens is 3. The maximum atomic E-state index is 12.3. The first kappa shape index (κ1) is 14.0. The van der Waals surface area contributed by atoms with E-state index in [9.17, 15) is 15.0 Å². The molecule has 0 atom stereocenters. The van der Waals surface area contributed by atoms with E-state index in [1.165, 1.54) is 30.3 Å². The zero-order valence-electron chi connectivity index (χ0n) is 9.32. The van der Waals surface area contributed by atoms with Gasteiger partial charge in [-0.05, 0) is 24.3 Å². The Morgan fingerprint density at radius 3 is 2.11 bits per heavy atom. The van der Waals surface area contributed by atoms with Gasteiger partial charge in [0.15, 0.2) is 5.78 Å². The van der Waals surface area contributed by atoms with Crippen LogP contribution >= 0.6 is 34.8 Å². The van der Waals surface area contributed by atoms with Crippen molar-refractivity contribution in [2.24, 2.45) is 0 Å². The van der Waals surface area contributed by atoms with E-state index in [1.807, 2.05) is 0 Å². The zero-order chi connectivity index (χ0) is 14.2. The van der Waals surface area contributed by atoms with Crippen molar-refractivity contribution in [1.82, 2.24) is 0 Å². The Morgan fingerprint density at radius 2 is 1.47 bits per heavy atom. The summed E-state index contributed by atoms with van der Waals surface area (Å²) < 4.78 is 0. The first-order valence-corrected chi connectivity index (χ1v) is 6.24. The highest BCUT2D eigenvalue weighted by Gasteiger charge is 2.18. The van der Waals surface area contributed by atoms with Gasteiger partial charge >= 0.3 is 0 Å². The molecule has 0 heterocycles. The van der Waals surface area contributed by atoms with E-state index in [0.29, 0.717) is 0 Å². The van der Waals surface area contributed by atoms with Gasteiger partial charge in [0.2, 0.25) is 0 Å². The molecule has 2 rings (SSSR count). The van der Waals surface area contributed by atoms with Crippen molar-refractivity contribution < 1.29 is 15.0 Å². The van der Waals surface area contributed by atoms with Crippen LogP contribution < -0.4 is 0 Å². The lowest BCUT2D eigenvalue weighted by Gasteiger charge is -2.07. The highest BCUT2D eigenvalue weighted by molar-refractivity contribution is 6.39. The lowest BCUT2D eigenvalue weighted by atomic mass is 10.0. The van der Waals surface area contributed by atoms with Crippen LogP contribution in [0.15, 0.2) is 30.3 Å². The van der Waals surface area contributed by atoms with Crippen molar-refractivity contribution in [3.63, 3.8) is 0 Å². The fourth-order valence-corrected chi connectivity index (χ4v) is 2.21. The van der Waals surface area contributed by atoms with E-state index in [2.05, 4.69) is 0 Å². The third kappa shape index (κ3) is 2.78. The highest BCUT2D eigenvalue weighted by atomic mass is 35.5. The summed E-state index contributed by atoms with van der Waals surface area (Å²) in [5.41, 5.74) is 0.306.